The van der Waals surface area contributed by atoms with Gasteiger partial charge in [-0.15, -0.1) is 6.42 Å². The summed E-state index contributed by atoms with van der Waals surface area (Å²) in [5, 5.41) is 10.6. The number of nitrogens with zero attached hydrogens (tertiary/aromatic N) is 2. The van der Waals surface area contributed by atoms with Gasteiger partial charge in [0.15, 0.2) is 0 Å². The van der Waals surface area contributed by atoms with Crippen molar-refractivity contribution in [2.24, 2.45) is 0 Å². The van der Waals surface area contributed by atoms with Gasteiger partial charge in [0.2, 0.25) is 0 Å². The molecule has 1 N–H and O–H groups in total. The molecular weight excluding hydrogens is 312 g/mol. The van der Waals surface area contributed by atoms with E-state index in [1.54, 1.807) is 31.2 Å². The van der Waals surface area contributed by atoms with Gasteiger partial charge in [-0.05, 0) is 18.6 Å². The van der Waals surface area contributed by atoms with Crippen molar-refractivity contribution in [3.63, 3.8) is 0 Å². The molecule has 0 radical (unpaired) electrons. The number of hydrogen-bond donors (Lipinski definition) is 1. The molecule has 0 unspecified atom stereocenters. The molecule has 23 heavy (non-hydrogen) atoms. The molecule has 2 heterocycles. The average molecular weight is 326 g/mol. The van der Waals surface area contributed by atoms with E-state index < -0.39 is 10.0 Å². The normalized spacial score (nSPS) is 15.9. The number of aliphatic hydroxyl groups is 1. The lowest BCUT2D eigenvalue weighted by atomic mass is 10.1. The van der Waals surface area contributed by atoms with Crippen LogP contribution in [-0.2, 0) is 10.0 Å². The van der Waals surface area contributed by atoms with E-state index in [0.717, 1.165) is 9.87 Å². The Morgan fingerprint density at radius 1 is 1.26 bits per heavy atom. The maximum absolute atomic E-state index is 13.0. The van der Waals surface area contributed by atoms with Crippen molar-refractivity contribution in [1.29, 1.82) is 0 Å². The quantitative estimate of drug-likeness (QED) is 0.861. The van der Waals surface area contributed by atoms with E-state index in [-0.39, 0.29) is 17.2 Å². The van der Waals surface area contributed by atoms with Gasteiger partial charge in [-0.3, -0.25) is 9.29 Å². The summed E-state index contributed by atoms with van der Waals surface area (Å²) in [4.78, 5) is 3.83. The van der Waals surface area contributed by atoms with Crippen LogP contribution in [0.4, 0.5) is 5.69 Å². The summed E-state index contributed by atoms with van der Waals surface area (Å²) < 4.78 is 27.2. The predicted octanol–water partition coefficient (Wildman–Crippen LogP) is 2.56. The highest BCUT2D eigenvalue weighted by Gasteiger charge is 2.38. The van der Waals surface area contributed by atoms with Crippen molar-refractivity contribution in [2.75, 3.05) is 10.8 Å². The number of anilines is 1. The summed E-state index contributed by atoms with van der Waals surface area (Å²) >= 11 is 0. The van der Waals surface area contributed by atoms with E-state index in [9.17, 15) is 13.5 Å². The Hall–Kier alpha value is -2.78. The van der Waals surface area contributed by atoms with Crippen molar-refractivity contribution in [3.8, 4) is 12.3 Å². The Balaban J connectivity index is 2.39. The van der Waals surface area contributed by atoms with Crippen LogP contribution < -0.4 is 4.31 Å². The molecular formula is C17H14N2O3S. The number of aliphatic hydroxyl groups excluding tert-OH is 1. The van der Waals surface area contributed by atoms with E-state index >= 15 is 0 Å². The van der Waals surface area contributed by atoms with E-state index in [4.69, 9.17) is 6.42 Å². The zero-order chi connectivity index (χ0) is 16.6. The SMILES string of the molecule is C#CCN1c2ccncc2C(O)=C(c2ccccc2C)S1(=O)=O. The third-order valence-electron chi connectivity index (χ3n) is 3.71. The average Bonchev–Trinajstić information content (AvgIpc) is 2.53. The second kappa shape index (κ2) is 5.45. The van der Waals surface area contributed by atoms with Crippen molar-refractivity contribution in [2.45, 2.75) is 6.92 Å². The van der Waals surface area contributed by atoms with Crippen LogP contribution in [0.2, 0.25) is 0 Å². The molecule has 0 fully saturated rings. The first-order chi connectivity index (χ1) is 11.0. The van der Waals surface area contributed by atoms with Gasteiger partial charge in [0.05, 0.1) is 17.8 Å². The first kappa shape index (κ1) is 15.1. The molecule has 0 spiro atoms. The van der Waals surface area contributed by atoms with E-state index in [2.05, 4.69) is 10.9 Å². The van der Waals surface area contributed by atoms with Gasteiger partial charge >= 0.3 is 0 Å². The summed E-state index contributed by atoms with van der Waals surface area (Å²) in [6.07, 6.45) is 8.23. The number of pyridine rings is 1. The highest BCUT2D eigenvalue weighted by atomic mass is 32.2. The molecule has 0 aliphatic carbocycles. The highest BCUT2D eigenvalue weighted by molar-refractivity contribution is 8.02. The van der Waals surface area contributed by atoms with Crippen molar-refractivity contribution >= 4 is 26.4 Å². The number of sulfonamides is 1. The number of hydrogen-bond acceptors (Lipinski definition) is 4. The molecule has 1 aromatic heterocycles. The Labute approximate surface area is 135 Å². The third-order valence-corrected chi connectivity index (χ3v) is 5.54. The molecule has 5 nitrogen and oxygen atoms in total. The molecule has 1 aliphatic heterocycles. The lowest BCUT2D eigenvalue weighted by Crippen LogP contribution is -2.35. The van der Waals surface area contributed by atoms with Crippen LogP contribution >= 0.6 is 0 Å². The van der Waals surface area contributed by atoms with Gasteiger partial charge in [0.1, 0.15) is 10.7 Å². The Kier molecular flexibility index (Phi) is 3.58. The van der Waals surface area contributed by atoms with E-state index in [1.807, 2.05) is 0 Å². The smallest absolute Gasteiger partial charge is 0.269 e. The molecule has 2 aromatic rings. The molecule has 0 saturated carbocycles. The fourth-order valence-corrected chi connectivity index (χ4v) is 4.36. The van der Waals surface area contributed by atoms with Crippen LogP contribution in [0.15, 0.2) is 42.7 Å². The minimum absolute atomic E-state index is 0.123. The van der Waals surface area contributed by atoms with Crippen molar-refractivity contribution < 1.29 is 13.5 Å². The Bertz CT molecular complexity index is 956. The number of terminal acetylenes is 1. The standard InChI is InChI=1S/C17H14N2O3S/c1-3-10-19-15-8-9-18-11-14(15)16(20)17(23(19,21)22)13-7-5-4-6-12(13)2/h1,4-9,11,20H,10H2,2H3. The molecule has 0 saturated heterocycles. The number of fused-ring (bicyclic) bond motifs is 1. The van der Waals surface area contributed by atoms with Gasteiger partial charge in [-0.1, -0.05) is 30.2 Å². The molecule has 3 rings (SSSR count). The monoisotopic (exact) mass is 326 g/mol. The maximum Gasteiger partial charge on any atom is 0.269 e. The summed E-state index contributed by atoms with van der Waals surface area (Å²) in [5.74, 6) is 2.05. The zero-order valence-corrected chi connectivity index (χ0v) is 13.2. The van der Waals surface area contributed by atoms with Gasteiger partial charge < -0.3 is 5.11 Å². The molecule has 0 amide bonds. The van der Waals surface area contributed by atoms with Gasteiger partial charge in [-0.25, -0.2) is 8.42 Å². The van der Waals surface area contributed by atoms with Crippen LogP contribution in [0.25, 0.3) is 10.7 Å². The fourth-order valence-electron chi connectivity index (χ4n) is 2.62. The van der Waals surface area contributed by atoms with Crippen LogP contribution in [0, 0.1) is 19.3 Å². The van der Waals surface area contributed by atoms with E-state index in [0.29, 0.717) is 16.8 Å². The molecule has 6 heteroatoms. The van der Waals surface area contributed by atoms with E-state index in [1.165, 1.54) is 18.5 Å². The summed E-state index contributed by atoms with van der Waals surface area (Å²) in [6, 6.07) is 8.50. The second-order valence-corrected chi connectivity index (χ2v) is 6.90. The summed E-state index contributed by atoms with van der Waals surface area (Å²) in [5.41, 5.74) is 1.86. The van der Waals surface area contributed by atoms with Crippen molar-refractivity contribution in [1.82, 2.24) is 4.98 Å². The lowest BCUT2D eigenvalue weighted by molar-refractivity contribution is 0.512. The predicted molar refractivity (Wildman–Crippen MR) is 90.0 cm³/mol. The Morgan fingerprint density at radius 3 is 2.70 bits per heavy atom. The van der Waals surface area contributed by atoms with Crippen LogP contribution in [0.1, 0.15) is 16.7 Å². The van der Waals surface area contributed by atoms with Crippen LogP contribution in [0.3, 0.4) is 0 Å². The minimum Gasteiger partial charge on any atom is -0.506 e. The van der Waals surface area contributed by atoms with Gasteiger partial charge in [-0.2, -0.15) is 0 Å². The maximum atomic E-state index is 13.0. The number of rotatable bonds is 2. The Morgan fingerprint density at radius 2 is 2.00 bits per heavy atom. The molecule has 116 valence electrons. The number of aromatic nitrogens is 1. The fraction of sp³-hybridized carbons (Fsp3) is 0.118. The number of benzene rings is 1. The zero-order valence-electron chi connectivity index (χ0n) is 12.4. The largest absolute Gasteiger partial charge is 0.506 e. The molecule has 1 aliphatic rings. The highest BCUT2D eigenvalue weighted by Crippen LogP contribution is 2.42. The summed E-state index contributed by atoms with van der Waals surface area (Å²) in [7, 11) is -3.97. The third kappa shape index (κ3) is 2.26. The minimum atomic E-state index is -3.97. The van der Waals surface area contributed by atoms with Crippen molar-refractivity contribution in [3.05, 3.63) is 59.4 Å². The first-order valence-electron chi connectivity index (χ1n) is 6.88. The first-order valence-corrected chi connectivity index (χ1v) is 8.32. The van der Waals surface area contributed by atoms with Gasteiger partial charge in [0, 0.05) is 18.0 Å². The van der Waals surface area contributed by atoms with Crippen LogP contribution in [-0.4, -0.2) is 25.1 Å². The van der Waals surface area contributed by atoms with Crippen LogP contribution in [0.5, 0.6) is 0 Å². The molecule has 0 bridgehead atoms. The van der Waals surface area contributed by atoms with Gasteiger partial charge in [0.25, 0.3) is 10.0 Å². The number of aryl methyl sites for hydroxylation is 1. The molecule has 0 atom stereocenters. The second-order valence-electron chi connectivity index (χ2n) is 5.10. The lowest BCUT2D eigenvalue weighted by Gasteiger charge is -2.30. The summed E-state index contributed by atoms with van der Waals surface area (Å²) in [6.45, 7) is 1.66. The topological polar surface area (TPSA) is 70.5 Å². The molecule has 1 aromatic carbocycles.